The van der Waals surface area contributed by atoms with Crippen molar-refractivity contribution in [2.45, 2.75) is 33.2 Å². The number of ether oxygens (including phenoxy) is 1. The Balaban J connectivity index is 3.31. The highest BCUT2D eigenvalue weighted by Gasteiger charge is 2.48. The quantitative estimate of drug-likeness (QED) is 0.332. The second-order valence-electron chi connectivity index (χ2n) is 5.14. The lowest BCUT2D eigenvalue weighted by atomic mass is 9.73. The van der Waals surface area contributed by atoms with E-state index in [1.165, 1.54) is 24.1 Å². The number of nitrogens with zero attached hydrogens (tertiary/aromatic N) is 4. The number of rotatable bonds is 6. The van der Waals surface area contributed by atoms with E-state index < -0.39 is 22.8 Å². The van der Waals surface area contributed by atoms with Crippen molar-refractivity contribution in [3.8, 4) is 0 Å². The van der Waals surface area contributed by atoms with Crippen LogP contribution in [0.3, 0.4) is 0 Å². The molecular weight excluding hydrogens is 278 g/mol. The van der Waals surface area contributed by atoms with E-state index in [1.807, 2.05) is 0 Å². The fraction of sp³-hybridized carbons (Fsp3) is 0.583. The Hall–Kier alpha value is -2.45. The Morgan fingerprint density at radius 2 is 2.14 bits per heavy atom. The van der Waals surface area contributed by atoms with Crippen molar-refractivity contribution in [2.75, 3.05) is 6.61 Å². The number of nitrogens with two attached hydrogens (primary N) is 1. The van der Waals surface area contributed by atoms with Gasteiger partial charge in [-0.3, -0.25) is 4.79 Å². The summed E-state index contributed by atoms with van der Waals surface area (Å²) in [6.45, 7) is 6.64. The van der Waals surface area contributed by atoms with Crippen LogP contribution in [0.25, 0.3) is 0 Å². The summed E-state index contributed by atoms with van der Waals surface area (Å²) in [6, 6.07) is 0. The molecule has 1 atom stereocenters. The normalized spacial score (nSPS) is 14.9. The Kier molecular flexibility index (Phi) is 4.66. The van der Waals surface area contributed by atoms with Crippen LogP contribution in [0.15, 0.2) is 11.5 Å². The lowest BCUT2D eigenvalue weighted by molar-refractivity contribution is -0.130. The van der Waals surface area contributed by atoms with E-state index in [-0.39, 0.29) is 12.4 Å². The fourth-order valence-corrected chi connectivity index (χ4v) is 1.76. The van der Waals surface area contributed by atoms with Crippen LogP contribution >= 0.6 is 0 Å². The summed E-state index contributed by atoms with van der Waals surface area (Å²) in [5.74, 6) is -1.59. The molecule has 0 bridgehead atoms. The van der Waals surface area contributed by atoms with E-state index >= 15 is 0 Å². The first kappa shape index (κ1) is 16.6. The van der Waals surface area contributed by atoms with Crippen LogP contribution in [0, 0.1) is 5.41 Å². The molecule has 1 aromatic rings. The van der Waals surface area contributed by atoms with Gasteiger partial charge in [-0.15, -0.1) is 10.3 Å². The number of carbonyl (C=O) groups excluding carboxylic acids is 2. The molecule has 21 heavy (non-hydrogen) atoms. The molecular formula is C12H19N5O4. The molecule has 9 heteroatoms. The second-order valence-corrected chi connectivity index (χ2v) is 5.14. The third-order valence-corrected chi connectivity index (χ3v) is 3.52. The second kappa shape index (κ2) is 5.90. The molecule has 0 radical (unpaired) electrons. The number of hydrogen-bond donors (Lipinski definition) is 2. The molecule has 0 aliphatic carbocycles. The number of esters is 1. The van der Waals surface area contributed by atoms with E-state index in [0.29, 0.717) is 0 Å². The number of amides is 1. The molecule has 1 rings (SSSR count). The standard InChI is InChI=1S/C12H19N5O4/c1-5-21-9(18)8-14-7-17(16-8)12(4,10(13)19)11(2,3)6-15-20/h6-7,20H,5H2,1-4H3,(H2,13,19). The van der Waals surface area contributed by atoms with E-state index in [1.54, 1.807) is 20.8 Å². The predicted octanol–water partition coefficient (Wildman–Crippen LogP) is 0.141. The predicted molar refractivity (Wildman–Crippen MR) is 72.9 cm³/mol. The van der Waals surface area contributed by atoms with Crippen molar-refractivity contribution in [2.24, 2.45) is 16.3 Å². The summed E-state index contributed by atoms with van der Waals surface area (Å²) in [5.41, 5.74) is 3.11. The SMILES string of the molecule is CCOC(=O)c1ncn(C(C)(C(N)=O)C(C)(C)C=NO)n1. The largest absolute Gasteiger partial charge is 0.460 e. The highest BCUT2D eigenvalue weighted by atomic mass is 16.5. The molecule has 0 saturated carbocycles. The summed E-state index contributed by atoms with van der Waals surface area (Å²) in [6.07, 6.45) is 2.38. The Labute approximate surface area is 121 Å². The van der Waals surface area contributed by atoms with Gasteiger partial charge in [-0.1, -0.05) is 13.8 Å². The lowest BCUT2D eigenvalue weighted by Gasteiger charge is -2.38. The third kappa shape index (κ3) is 2.86. The monoisotopic (exact) mass is 297 g/mol. The summed E-state index contributed by atoms with van der Waals surface area (Å²) in [7, 11) is 0. The van der Waals surface area contributed by atoms with Crippen LogP contribution in [0.1, 0.15) is 38.3 Å². The molecule has 0 saturated heterocycles. The summed E-state index contributed by atoms with van der Waals surface area (Å²) >= 11 is 0. The summed E-state index contributed by atoms with van der Waals surface area (Å²) in [4.78, 5) is 27.3. The number of primary amides is 1. The van der Waals surface area contributed by atoms with Gasteiger partial charge in [-0.25, -0.2) is 14.5 Å². The first-order valence-electron chi connectivity index (χ1n) is 6.28. The molecule has 1 heterocycles. The van der Waals surface area contributed by atoms with Crippen LogP contribution in [0.4, 0.5) is 0 Å². The number of hydrogen-bond acceptors (Lipinski definition) is 7. The van der Waals surface area contributed by atoms with Crippen molar-refractivity contribution < 1.29 is 19.5 Å². The Morgan fingerprint density at radius 1 is 1.52 bits per heavy atom. The van der Waals surface area contributed by atoms with Gasteiger partial charge < -0.3 is 15.7 Å². The zero-order chi connectivity index (χ0) is 16.3. The average molecular weight is 297 g/mol. The molecule has 0 aliphatic rings. The van der Waals surface area contributed by atoms with Gasteiger partial charge in [0.25, 0.3) is 5.82 Å². The van der Waals surface area contributed by atoms with Crippen molar-refractivity contribution in [1.82, 2.24) is 14.8 Å². The third-order valence-electron chi connectivity index (χ3n) is 3.52. The topological polar surface area (TPSA) is 133 Å². The highest BCUT2D eigenvalue weighted by molar-refractivity contribution is 5.88. The van der Waals surface area contributed by atoms with Crippen LogP contribution in [-0.2, 0) is 15.1 Å². The lowest BCUT2D eigenvalue weighted by Crippen LogP contribution is -2.55. The summed E-state index contributed by atoms with van der Waals surface area (Å²) < 4.78 is 5.96. The van der Waals surface area contributed by atoms with Gasteiger partial charge >= 0.3 is 5.97 Å². The number of aromatic nitrogens is 3. The molecule has 0 spiro atoms. The Bertz CT molecular complexity index is 566. The minimum Gasteiger partial charge on any atom is -0.460 e. The molecule has 9 nitrogen and oxygen atoms in total. The first-order valence-corrected chi connectivity index (χ1v) is 6.28. The van der Waals surface area contributed by atoms with Gasteiger partial charge in [0.05, 0.1) is 12.8 Å². The smallest absolute Gasteiger partial charge is 0.378 e. The number of carbonyl (C=O) groups is 2. The van der Waals surface area contributed by atoms with E-state index in [9.17, 15) is 9.59 Å². The summed E-state index contributed by atoms with van der Waals surface area (Å²) in [5, 5.41) is 15.7. The molecule has 1 unspecified atom stereocenters. The fourth-order valence-electron chi connectivity index (χ4n) is 1.76. The molecule has 0 fully saturated rings. The molecule has 0 aliphatic heterocycles. The van der Waals surface area contributed by atoms with Gasteiger partial charge in [0, 0.05) is 5.41 Å². The molecule has 3 N–H and O–H groups in total. The Morgan fingerprint density at radius 3 is 2.62 bits per heavy atom. The minimum absolute atomic E-state index is 0.180. The molecule has 0 aromatic carbocycles. The van der Waals surface area contributed by atoms with Crippen molar-refractivity contribution in [3.63, 3.8) is 0 Å². The molecule has 1 aromatic heterocycles. The maximum atomic E-state index is 11.9. The van der Waals surface area contributed by atoms with E-state index in [2.05, 4.69) is 15.2 Å². The maximum Gasteiger partial charge on any atom is 0.378 e. The van der Waals surface area contributed by atoms with Gasteiger partial charge in [-0.05, 0) is 13.8 Å². The average Bonchev–Trinajstić information content (AvgIpc) is 2.87. The van der Waals surface area contributed by atoms with Gasteiger partial charge in [0.15, 0.2) is 0 Å². The van der Waals surface area contributed by atoms with Crippen molar-refractivity contribution in [3.05, 3.63) is 12.2 Å². The highest BCUT2D eigenvalue weighted by Crippen LogP contribution is 2.35. The first-order chi connectivity index (χ1) is 9.70. The zero-order valence-corrected chi connectivity index (χ0v) is 12.4. The van der Waals surface area contributed by atoms with Gasteiger partial charge in [0.1, 0.15) is 11.9 Å². The zero-order valence-electron chi connectivity index (χ0n) is 12.4. The van der Waals surface area contributed by atoms with Crippen LogP contribution in [0.5, 0.6) is 0 Å². The van der Waals surface area contributed by atoms with Crippen LogP contribution in [-0.4, -0.2) is 44.7 Å². The van der Waals surface area contributed by atoms with Gasteiger partial charge in [-0.2, -0.15) is 0 Å². The molecule has 116 valence electrons. The number of oxime groups is 1. The van der Waals surface area contributed by atoms with Crippen LogP contribution < -0.4 is 5.73 Å². The van der Waals surface area contributed by atoms with E-state index in [4.69, 9.17) is 15.7 Å². The van der Waals surface area contributed by atoms with Gasteiger partial charge in [0.2, 0.25) is 5.91 Å². The van der Waals surface area contributed by atoms with Crippen molar-refractivity contribution in [1.29, 1.82) is 0 Å². The maximum absolute atomic E-state index is 11.9. The van der Waals surface area contributed by atoms with E-state index in [0.717, 1.165) is 0 Å². The van der Waals surface area contributed by atoms with Crippen molar-refractivity contribution >= 4 is 18.1 Å². The minimum atomic E-state index is -1.39. The molecule has 1 amide bonds. The van der Waals surface area contributed by atoms with Crippen LogP contribution in [0.2, 0.25) is 0 Å².